The van der Waals surface area contributed by atoms with Crippen LogP contribution in [0.1, 0.15) is 5.56 Å². The fourth-order valence-corrected chi connectivity index (χ4v) is 7.55. The summed E-state index contributed by atoms with van der Waals surface area (Å²) in [6, 6.07) is 67.6. The molecular formula is C52H35N3O. The lowest BCUT2D eigenvalue weighted by molar-refractivity contribution is 0.669. The Labute approximate surface area is 325 Å². The smallest absolute Gasteiger partial charge is 0.164 e. The van der Waals surface area contributed by atoms with Gasteiger partial charge in [0.1, 0.15) is 11.2 Å². The zero-order valence-electron chi connectivity index (χ0n) is 30.7. The molecule has 264 valence electrons. The molecule has 0 amide bonds. The number of fused-ring (bicyclic) bond motifs is 3. The summed E-state index contributed by atoms with van der Waals surface area (Å²) < 4.78 is 6.56. The van der Waals surface area contributed by atoms with E-state index in [4.69, 9.17) is 19.4 Å². The molecule has 2 aromatic heterocycles. The molecule has 0 aliphatic rings. The molecule has 4 heteroatoms. The van der Waals surface area contributed by atoms with E-state index in [1.54, 1.807) is 0 Å². The first kappa shape index (κ1) is 33.2. The van der Waals surface area contributed by atoms with Gasteiger partial charge in [-0.1, -0.05) is 175 Å². The van der Waals surface area contributed by atoms with E-state index < -0.39 is 0 Å². The third-order valence-corrected chi connectivity index (χ3v) is 10.5. The lowest BCUT2D eigenvalue weighted by atomic mass is 9.92. The van der Waals surface area contributed by atoms with Gasteiger partial charge in [0.15, 0.2) is 17.5 Å². The lowest BCUT2D eigenvalue weighted by Gasteiger charge is -2.14. The summed E-state index contributed by atoms with van der Waals surface area (Å²) in [5.41, 5.74) is 14.7. The van der Waals surface area contributed by atoms with Gasteiger partial charge in [-0.3, -0.25) is 0 Å². The molecule has 0 unspecified atom stereocenters. The molecule has 8 aromatic carbocycles. The van der Waals surface area contributed by atoms with E-state index in [9.17, 15) is 0 Å². The van der Waals surface area contributed by atoms with Gasteiger partial charge < -0.3 is 4.42 Å². The Morgan fingerprint density at radius 1 is 0.321 bits per heavy atom. The standard InChI is InChI=1S/C52H35N3O/c1-34-20-22-38(23-21-34)43-30-28-41(32-46(43)37-14-7-3-8-15-37)51-53-50(40-16-9-4-10-17-40)54-52(55-51)42-29-31-45-48(33-42)56-47-19-11-18-44(49(45)47)39-26-24-36(25-27-39)35-12-5-2-6-13-35/h2-33H,1H3. The molecule has 0 saturated carbocycles. The fourth-order valence-electron chi connectivity index (χ4n) is 7.55. The summed E-state index contributed by atoms with van der Waals surface area (Å²) in [6.45, 7) is 2.11. The monoisotopic (exact) mass is 717 g/mol. The molecule has 0 aliphatic heterocycles. The van der Waals surface area contributed by atoms with E-state index in [0.29, 0.717) is 17.5 Å². The molecule has 0 fully saturated rings. The zero-order chi connectivity index (χ0) is 37.4. The first-order chi connectivity index (χ1) is 27.6. The second-order valence-electron chi connectivity index (χ2n) is 14.1. The van der Waals surface area contributed by atoms with Crippen LogP contribution in [0.3, 0.4) is 0 Å². The molecule has 0 N–H and O–H groups in total. The molecule has 2 heterocycles. The molecule has 0 saturated heterocycles. The van der Waals surface area contributed by atoms with Crippen LogP contribution in [0.15, 0.2) is 199 Å². The first-order valence-electron chi connectivity index (χ1n) is 18.8. The van der Waals surface area contributed by atoms with Gasteiger partial charge in [0.25, 0.3) is 0 Å². The normalized spacial score (nSPS) is 11.3. The molecular weight excluding hydrogens is 683 g/mol. The number of benzene rings is 8. The van der Waals surface area contributed by atoms with Crippen molar-refractivity contribution in [2.75, 3.05) is 0 Å². The summed E-state index contributed by atoms with van der Waals surface area (Å²) >= 11 is 0. The molecule has 0 spiro atoms. The van der Waals surface area contributed by atoms with Crippen LogP contribution in [-0.2, 0) is 0 Å². The van der Waals surface area contributed by atoms with Gasteiger partial charge in [-0.25, -0.2) is 15.0 Å². The first-order valence-corrected chi connectivity index (χ1v) is 18.8. The van der Waals surface area contributed by atoms with Gasteiger partial charge in [-0.15, -0.1) is 0 Å². The molecule has 56 heavy (non-hydrogen) atoms. The van der Waals surface area contributed by atoms with Crippen molar-refractivity contribution in [3.8, 4) is 78.7 Å². The minimum Gasteiger partial charge on any atom is -0.456 e. The van der Waals surface area contributed by atoms with Crippen molar-refractivity contribution in [1.29, 1.82) is 0 Å². The summed E-state index contributed by atoms with van der Waals surface area (Å²) in [4.78, 5) is 15.3. The van der Waals surface area contributed by atoms with Crippen molar-refractivity contribution >= 4 is 21.9 Å². The predicted molar refractivity (Wildman–Crippen MR) is 230 cm³/mol. The van der Waals surface area contributed by atoms with Crippen molar-refractivity contribution < 1.29 is 4.42 Å². The van der Waals surface area contributed by atoms with E-state index >= 15 is 0 Å². The Morgan fingerprint density at radius 2 is 0.804 bits per heavy atom. The highest BCUT2D eigenvalue weighted by Gasteiger charge is 2.18. The van der Waals surface area contributed by atoms with Crippen LogP contribution in [0.2, 0.25) is 0 Å². The number of hydrogen-bond donors (Lipinski definition) is 0. The van der Waals surface area contributed by atoms with E-state index in [1.807, 2.05) is 48.5 Å². The largest absolute Gasteiger partial charge is 0.456 e. The highest BCUT2D eigenvalue weighted by molar-refractivity contribution is 6.13. The van der Waals surface area contributed by atoms with Crippen molar-refractivity contribution in [1.82, 2.24) is 15.0 Å². The molecule has 0 radical (unpaired) electrons. The molecule has 0 aliphatic carbocycles. The predicted octanol–water partition coefficient (Wildman–Crippen LogP) is 13.7. The maximum absolute atomic E-state index is 6.56. The zero-order valence-corrected chi connectivity index (χ0v) is 30.7. The minimum absolute atomic E-state index is 0.580. The van der Waals surface area contributed by atoms with Crippen LogP contribution in [0.4, 0.5) is 0 Å². The third kappa shape index (κ3) is 6.23. The highest BCUT2D eigenvalue weighted by atomic mass is 16.3. The SMILES string of the molecule is Cc1ccc(-c2ccc(-c3nc(-c4ccccc4)nc(-c4ccc5c(c4)oc4cccc(-c6ccc(-c7ccccc7)cc6)c45)n3)cc2-c2ccccc2)cc1. The maximum Gasteiger partial charge on any atom is 0.164 e. The molecule has 0 atom stereocenters. The number of hydrogen-bond acceptors (Lipinski definition) is 4. The number of nitrogens with zero attached hydrogens (tertiary/aromatic N) is 3. The van der Waals surface area contributed by atoms with Crippen molar-refractivity contribution in [2.24, 2.45) is 0 Å². The fraction of sp³-hybridized carbons (Fsp3) is 0.0192. The number of aryl methyl sites for hydroxylation is 1. The second kappa shape index (κ2) is 14.1. The summed E-state index contributed by atoms with van der Waals surface area (Å²) in [7, 11) is 0. The van der Waals surface area contributed by atoms with Crippen molar-refractivity contribution in [3.05, 3.63) is 200 Å². The van der Waals surface area contributed by atoms with Gasteiger partial charge in [0.2, 0.25) is 0 Å². The molecule has 4 nitrogen and oxygen atoms in total. The van der Waals surface area contributed by atoms with Gasteiger partial charge >= 0.3 is 0 Å². The van der Waals surface area contributed by atoms with E-state index in [0.717, 1.165) is 72.0 Å². The topological polar surface area (TPSA) is 51.8 Å². The molecule has 10 rings (SSSR count). The Bertz CT molecular complexity index is 2990. The van der Waals surface area contributed by atoms with Crippen LogP contribution in [0.5, 0.6) is 0 Å². The van der Waals surface area contributed by atoms with E-state index in [-0.39, 0.29) is 0 Å². The quantitative estimate of drug-likeness (QED) is 0.165. The Kier molecular flexibility index (Phi) is 8.34. The average molecular weight is 718 g/mol. The van der Waals surface area contributed by atoms with E-state index in [2.05, 4.69) is 153 Å². The number of rotatable bonds is 7. The second-order valence-corrected chi connectivity index (χ2v) is 14.1. The Morgan fingerprint density at radius 3 is 1.48 bits per heavy atom. The summed E-state index contributed by atoms with van der Waals surface area (Å²) in [5, 5.41) is 2.13. The van der Waals surface area contributed by atoms with Crippen molar-refractivity contribution in [2.45, 2.75) is 6.92 Å². The van der Waals surface area contributed by atoms with E-state index in [1.165, 1.54) is 16.7 Å². The summed E-state index contributed by atoms with van der Waals surface area (Å²) in [6.07, 6.45) is 0. The molecule has 10 aromatic rings. The van der Waals surface area contributed by atoms with Gasteiger partial charge in [0.05, 0.1) is 0 Å². The summed E-state index contributed by atoms with van der Waals surface area (Å²) in [5.74, 6) is 1.80. The lowest BCUT2D eigenvalue weighted by Crippen LogP contribution is -2.00. The number of aromatic nitrogens is 3. The van der Waals surface area contributed by atoms with Crippen LogP contribution < -0.4 is 0 Å². The molecule has 0 bridgehead atoms. The van der Waals surface area contributed by atoms with Crippen LogP contribution >= 0.6 is 0 Å². The van der Waals surface area contributed by atoms with Crippen LogP contribution in [0.25, 0.3) is 101 Å². The Balaban J connectivity index is 1.09. The highest BCUT2D eigenvalue weighted by Crippen LogP contribution is 2.40. The third-order valence-electron chi connectivity index (χ3n) is 10.5. The Hall–Kier alpha value is -7.43. The number of furan rings is 1. The van der Waals surface area contributed by atoms with Gasteiger partial charge in [-0.05, 0) is 75.7 Å². The maximum atomic E-state index is 6.56. The van der Waals surface area contributed by atoms with Gasteiger partial charge in [0, 0.05) is 27.5 Å². The van der Waals surface area contributed by atoms with Crippen molar-refractivity contribution in [3.63, 3.8) is 0 Å². The van der Waals surface area contributed by atoms with Gasteiger partial charge in [-0.2, -0.15) is 0 Å². The van der Waals surface area contributed by atoms with Crippen LogP contribution in [0, 0.1) is 6.92 Å². The minimum atomic E-state index is 0.580. The average Bonchev–Trinajstić information content (AvgIpc) is 3.66. The van der Waals surface area contributed by atoms with Crippen LogP contribution in [-0.4, -0.2) is 15.0 Å².